The maximum absolute atomic E-state index is 11.9. The van der Waals surface area contributed by atoms with E-state index < -0.39 is 0 Å². The van der Waals surface area contributed by atoms with Crippen molar-refractivity contribution in [3.63, 3.8) is 0 Å². The minimum atomic E-state index is -0.285. The van der Waals surface area contributed by atoms with Crippen LogP contribution >= 0.6 is 0 Å². The van der Waals surface area contributed by atoms with Crippen molar-refractivity contribution >= 4 is 0 Å². The van der Waals surface area contributed by atoms with Gasteiger partial charge in [-0.25, -0.2) is 4.79 Å². The molecule has 1 aliphatic heterocycles. The molecule has 0 spiro atoms. The standard InChI is InChI=1S/C13H22N4O3/c1-14-7-11-9-17(4-5-20-11)8-10-6-12(18)16(3)13(19)15(10)2/h6,11,14H,4-5,7-9H2,1-3H3. The molecule has 0 saturated carbocycles. The first-order chi connectivity index (χ1) is 9.52. The Hall–Kier alpha value is -1.44. The zero-order valence-corrected chi connectivity index (χ0v) is 12.3. The van der Waals surface area contributed by atoms with Crippen LogP contribution in [-0.4, -0.2) is 53.4 Å². The molecule has 112 valence electrons. The van der Waals surface area contributed by atoms with Crippen LogP contribution < -0.4 is 16.6 Å². The lowest BCUT2D eigenvalue weighted by Crippen LogP contribution is -2.47. The zero-order chi connectivity index (χ0) is 14.7. The fourth-order valence-corrected chi connectivity index (χ4v) is 2.43. The van der Waals surface area contributed by atoms with Crippen LogP contribution in [0.25, 0.3) is 0 Å². The minimum absolute atomic E-state index is 0.150. The van der Waals surface area contributed by atoms with Crippen molar-refractivity contribution in [2.24, 2.45) is 14.1 Å². The number of likely N-dealkylation sites (N-methyl/N-ethyl adjacent to an activating group) is 1. The second kappa shape index (κ2) is 6.34. The molecule has 7 heteroatoms. The van der Waals surface area contributed by atoms with Crippen LogP contribution in [0.5, 0.6) is 0 Å². The summed E-state index contributed by atoms with van der Waals surface area (Å²) in [6, 6.07) is 1.53. The van der Waals surface area contributed by atoms with Crippen molar-refractivity contribution in [2.75, 3.05) is 33.3 Å². The Kier molecular flexibility index (Phi) is 4.74. The topological polar surface area (TPSA) is 68.5 Å². The van der Waals surface area contributed by atoms with Gasteiger partial charge in [-0.3, -0.25) is 18.8 Å². The molecule has 20 heavy (non-hydrogen) atoms. The first kappa shape index (κ1) is 15.0. The van der Waals surface area contributed by atoms with Crippen molar-refractivity contribution in [3.05, 3.63) is 32.6 Å². The average molecular weight is 282 g/mol. The predicted molar refractivity (Wildman–Crippen MR) is 75.9 cm³/mol. The van der Waals surface area contributed by atoms with Crippen molar-refractivity contribution in [3.8, 4) is 0 Å². The Balaban J connectivity index is 2.14. The number of rotatable bonds is 4. The van der Waals surface area contributed by atoms with E-state index in [0.717, 1.165) is 29.9 Å². The van der Waals surface area contributed by atoms with Crippen LogP contribution in [0.2, 0.25) is 0 Å². The minimum Gasteiger partial charge on any atom is -0.374 e. The van der Waals surface area contributed by atoms with Gasteiger partial charge in [0.1, 0.15) is 0 Å². The molecule has 0 amide bonds. The molecule has 1 aliphatic rings. The van der Waals surface area contributed by atoms with Crippen LogP contribution in [0.1, 0.15) is 5.69 Å². The summed E-state index contributed by atoms with van der Waals surface area (Å²) >= 11 is 0. The second-order valence-electron chi connectivity index (χ2n) is 5.16. The number of nitrogens with zero attached hydrogens (tertiary/aromatic N) is 3. The monoisotopic (exact) mass is 282 g/mol. The van der Waals surface area contributed by atoms with Crippen molar-refractivity contribution in [1.82, 2.24) is 19.4 Å². The van der Waals surface area contributed by atoms with E-state index in [1.165, 1.54) is 17.7 Å². The van der Waals surface area contributed by atoms with Crippen LogP contribution in [0.4, 0.5) is 0 Å². The molecule has 1 unspecified atom stereocenters. The largest absolute Gasteiger partial charge is 0.374 e. The van der Waals surface area contributed by atoms with Crippen molar-refractivity contribution in [1.29, 1.82) is 0 Å². The highest BCUT2D eigenvalue weighted by Gasteiger charge is 2.20. The van der Waals surface area contributed by atoms with Crippen LogP contribution in [0.15, 0.2) is 15.7 Å². The Morgan fingerprint density at radius 1 is 1.35 bits per heavy atom. The zero-order valence-electron chi connectivity index (χ0n) is 12.3. The molecule has 0 aromatic carbocycles. The number of morpholine rings is 1. The van der Waals surface area contributed by atoms with E-state index in [1.807, 2.05) is 7.05 Å². The van der Waals surface area contributed by atoms with Gasteiger partial charge in [-0.15, -0.1) is 0 Å². The molecule has 7 nitrogen and oxygen atoms in total. The summed E-state index contributed by atoms with van der Waals surface area (Å²) in [4.78, 5) is 25.8. The van der Waals surface area contributed by atoms with Gasteiger partial charge in [0.15, 0.2) is 0 Å². The van der Waals surface area contributed by atoms with Gasteiger partial charge in [0.2, 0.25) is 0 Å². The van der Waals surface area contributed by atoms with Crippen LogP contribution in [0, 0.1) is 0 Å². The van der Waals surface area contributed by atoms with E-state index in [-0.39, 0.29) is 17.4 Å². The van der Waals surface area contributed by atoms with Gasteiger partial charge < -0.3 is 10.1 Å². The lowest BCUT2D eigenvalue weighted by atomic mass is 10.2. The summed E-state index contributed by atoms with van der Waals surface area (Å²) < 4.78 is 8.29. The van der Waals surface area contributed by atoms with Crippen molar-refractivity contribution in [2.45, 2.75) is 12.6 Å². The van der Waals surface area contributed by atoms with Crippen LogP contribution in [-0.2, 0) is 25.4 Å². The molecule has 0 radical (unpaired) electrons. The van der Waals surface area contributed by atoms with E-state index in [0.29, 0.717) is 13.2 Å². The number of aromatic nitrogens is 2. The first-order valence-corrected chi connectivity index (χ1v) is 6.77. The molecule has 2 rings (SSSR count). The Morgan fingerprint density at radius 3 is 2.80 bits per heavy atom. The quantitative estimate of drug-likeness (QED) is 0.728. The van der Waals surface area contributed by atoms with Gasteiger partial charge in [-0.2, -0.15) is 0 Å². The first-order valence-electron chi connectivity index (χ1n) is 6.77. The Labute approximate surface area is 117 Å². The Morgan fingerprint density at radius 2 is 2.10 bits per heavy atom. The highest BCUT2D eigenvalue weighted by Crippen LogP contribution is 2.08. The lowest BCUT2D eigenvalue weighted by molar-refractivity contribution is -0.0298. The predicted octanol–water partition coefficient (Wildman–Crippen LogP) is -1.50. The molecule has 0 aliphatic carbocycles. The smallest absolute Gasteiger partial charge is 0.330 e. The molecular formula is C13H22N4O3. The molecule has 1 saturated heterocycles. The fraction of sp³-hybridized carbons (Fsp3) is 0.692. The average Bonchev–Trinajstić information content (AvgIpc) is 2.43. The third kappa shape index (κ3) is 3.17. The fourth-order valence-electron chi connectivity index (χ4n) is 2.43. The number of ether oxygens (including phenoxy) is 1. The number of nitrogens with one attached hydrogen (secondary N) is 1. The van der Waals surface area contributed by atoms with Gasteiger partial charge in [0.25, 0.3) is 5.56 Å². The van der Waals surface area contributed by atoms with E-state index in [9.17, 15) is 9.59 Å². The highest BCUT2D eigenvalue weighted by atomic mass is 16.5. The Bertz CT molecular complexity index is 576. The summed E-state index contributed by atoms with van der Waals surface area (Å²) in [5.74, 6) is 0. The van der Waals surface area contributed by atoms with Crippen molar-refractivity contribution < 1.29 is 4.74 Å². The lowest BCUT2D eigenvalue weighted by Gasteiger charge is -2.33. The van der Waals surface area contributed by atoms with Gasteiger partial charge >= 0.3 is 5.69 Å². The highest BCUT2D eigenvalue weighted by molar-refractivity contribution is 5.02. The van der Waals surface area contributed by atoms with E-state index in [4.69, 9.17) is 4.74 Å². The molecule has 1 N–H and O–H groups in total. The molecule has 1 atom stereocenters. The summed E-state index contributed by atoms with van der Waals surface area (Å²) in [5, 5.41) is 3.10. The molecule has 1 aromatic rings. The van der Waals surface area contributed by atoms with Gasteiger partial charge in [0, 0.05) is 52.0 Å². The molecule has 0 bridgehead atoms. The van der Waals surface area contributed by atoms with Gasteiger partial charge in [-0.05, 0) is 7.05 Å². The molecule has 1 fully saturated rings. The van der Waals surface area contributed by atoms with Crippen LogP contribution in [0.3, 0.4) is 0 Å². The summed E-state index contributed by atoms with van der Waals surface area (Å²) in [6.07, 6.45) is 0.150. The molecule has 2 heterocycles. The third-order valence-corrected chi connectivity index (χ3v) is 3.67. The van der Waals surface area contributed by atoms with E-state index in [2.05, 4.69) is 10.2 Å². The van der Waals surface area contributed by atoms with E-state index in [1.54, 1.807) is 7.05 Å². The number of hydrogen-bond acceptors (Lipinski definition) is 5. The number of hydrogen-bond donors (Lipinski definition) is 1. The molecular weight excluding hydrogens is 260 g/mol. The normalized spacial score (nSPS) is 20.2. The van der Waals surface area contributed by atoms with E-state index >= 15 is 0 Å². The third-order valence-electron chi connectivity index (χ3n) is 3.67. The summed E-state index contributed by atoms with van der Waals surface area (Å²) in [5.41, 5.74) is 0.193. The van der Waals surface area contributed by atoms with Gasteiger partial charge in [-0.1, -0.05) is 0 Å². The summed E-state index contributed by atoms with van der Waals surface area (Å²) in [6.45, 7) is 3.66. The summed E-state index contributed by atoms with van der Waals surface area (Å²) in [7, 11) is 5.08. The second-order valence-corrected chi connectivity index (χ2v) is 5.16. The molecule has 1 aromatic heterocycles. The van der Waals surface area contributed by atoms with Gasteiger partial charge in [0.05, 0.1) is 12.7 Å². The SMILES string of the molecule is CNCC1CN(Cc2cc(=O)n(C)c(=O)n2C)CCO1. The maximum Gasteiger partial charge on any atom is 0.330 e. The maximum atomic E-state index is 11.9.